The molecule has 0 atom stereocenters. The Morgan fingerprint density at radius 1 is 1.08 bits per heavy atom. The van der Waals surface area contributed by atoms with Gasteiger partial charge in [0.2, 0.25) is 0 Å². The van der Waals surface area contributed by atoms with Gasteiger partial charge in [-0.2, -0.15) is 0 Å². The molecule has 4 heteroatoms. The summed E-state index contributed by atoms with van der Waals surface area (Å²) in [5, 5.41) is 3.87. The van der Waals surface area contributed by atoms with E-state index in [0.29, 0.717) is 17.0 Å². The van der Waals surface area contributed by atoms with E-state index >= 15 is 0 Å². The van der Waals surface area contributed by atoms with Gasteiger partial charge in [-0.25, -0.2) is 0 Å². The van der Waals surface area contributed by atoms with E-state index in [1.807, 2.05) is 42.5 Å². The van der Waals surface area contributed by atoms with Crippen LogP contribution in [0, 0.1) is 0 Å². The lowest BCUT2D eigenvalue weighted by Crippen LogP contribution is -2.14. The van der Waals surface area contributed by atoms with E-state index in [-0.39, 0.29) is 11.3 Å². The van der Waals surface area contributed by atoms with E-state index in [1.165, 1.54) is 5.56 Å². The van der Waals surface area contributed by atoms with Gasteiger partial charge < -0.3 is 10.1 Å². The Morgan fingerprint density at radius 2 is 1.80 bits per heavy atom. The number of ether oxygens (including phenoxy) is 1. The van der Waals surface area contributed by atoms with Gasteiger partial charge in [-0.3, -0.25) is 9.78 Å². The summed E-state index contributed by atoms with van der Waals surface area (Å²) in [5.74, 6) is 0.513. The molecule has 3 rings (SSSR count). The first-order chi connectivity index (χ1) is 11.9. The summed E-state index contributed by atoms with van der Waals surface area (Å²) < 4.78 is 5.32. The Kier molecular flexibility index (Phi) is 4.45. The lowest BCUT2D eigenvalue weighted by molar-refractivity contribution is 0.102. The molecule has 3 aromatic rings. The number of amides is 1. The molecule has 0 spiro atoms. The molecule has 0 aliphatic rings. The van der Waals surface area contributed by atoms with Gasteiger partial charge in [0.05, 0.1) is 18.3 Å². The highest BCUT2D eigenvalue weighted by Gasteiger charge is 2.15. The quantitative estimate of drug-likeness (QED) is 0.749. The molecular weight excluding hydrogens is 312 g/mol. The molecule has 1 aromatic heterocycles. The molecule has 0 aliphatic carbocycles. The first kappa shape index (κ1) is 17.0. The fourth-order valence-corrected chi connectivity index (χ4v) is 2.69. The molecule has 4 nitrogen and oxygen atoms in total. The van der Waals surface area contributed by atoms with Gasteiger partial charge in [0.15, 0.2) is 0 Å². The Morgan fingerprint density at radius 3 is 2.44 bits per heavy atom. The van der Waals surface area contributed by atoms with Gasteiger partial charge in [0.1, 0.15) is 5.75 Å². The number of carbonyl (C=O) groups excluding carboxylic acids is 1. The van der Waals surface area contributed by atoms with Crippen LogP contribution >= 0.6 is 0 Å². The van der Waals surface area contributed by atoms with Crippen molar-refractivity contribution in [1.82, 2.24) is 4.98 Å². The van der Waals surface area contributed by atoms with Crippen molar-refractivity contribution in [2.45, 2.75) is 26.2 Å². The van der Waals surface area contributed by atoms with Gasteiger partial charge in [-0.1, -0.05) is 39.0 Å². The van der Waals surface area contributed by atoms with E-state index in [4.69, 9.17) is 4.74 Å². The largest absolute Gasteiger partial charge is 0.497 e. The zero-order chi connectivity index (χ0) is 18.0. The Hall–Kier alpha value is -2.88. The lowest BCUT2D eigenvalue weighted by Gasteiger charge is -2.19. The molecule has 1 N–H and O–H groups in total. The molecule has 0 fully saturated rings. The first-order valence-corrected chi connectivity index (χ1v) is 8.23. The molecule has 1 heterocycles. The van der Waals surface area contributed by atoms with Crippen LogP contribution in [-0.2, 0) is 5.41 Å². The van der Waals surface area contributed by atoms with Crippen LogP contribution in [0.1, 0.15) is 36.7 Å². The standard InChI is InChI=1S/C21H22N2O2/c1-21(2,3)16-9-7-14(8-10-16)20(24)23-18-13-17(25-4)12-15-6-5-11-22-19(15)18/h5-13H,1-4H3,(H,23,24). The number of anilines is 1. The number of methoxy groups -OCH3 is 1. The lowest BCUT2D eigenvalue weighted by atomic mass is 9.87. The third kappa shape index (κ3) is 3.63. The highest BCUT2D eigenvalue weighted by molar-refractivity contribution is 6.08. The Bertz CT molecular complexity index is 909. The number of hydrogen-bond acceptors (Lipinski definition) is 3. The molecule has 0 saturated heterocycles. The molecule has 1 amide bonds. The zero-order valence-electron chi connectivity index (χ0n) is 15.0. The number of carbonyl (C=O) groups is 1. The summed E-state index contributed by atoms with van der Waals surface area (Å²) in [6, 6.07) is 15.2. The molecule has 0 aliphatic heterocycles. The van der Waals surface area contributed by atoms with Crippen molar-refractivity contribution in [2.24, 2.45) is 0 Å². The number of nitrogens with one attached hydrogen (secondary N) is 1. The maximum atomic E-state index is 12.6. The van der Waals surface area contributed by atoms with Crippen LogP contribution in [0.5, 0.6) is 5.75 Å². The van der Waals surface area contributed by atoms with E-state index in [2.05, 4.69) is 31.1 Å². The highest BCUT2D eigenvalue weighted by atomic mass is 16.5. The number of aromatic nitrogens is 1. The van der Waals surface area contributed by atoms with Crippen LogP contribution in [0.3, 0.4) is 0 Å². The minimum atomic E-state index is -0.166. The fourth-order valence-electron chi connectivity index (χ4n) is 2.69. The number of rotatable bonds is 3. The molecule has 128 valence electrons. The topological polar surface area (TPSA) is 51.2 Å². The molecular formula is C21H22N2O2. The van der Waals surface area contributed by atoms with Crippen LogP contribution in [0.2, 0.25) is 0 Å². The van der Waals surface area contributed by atoms with Gasteiger partial charge >= 0.3 is 0 Å². The van der Waals surface area contributed by atoms with Crippen molar-refractivity contribution in [1.29, 1.82) is 0 Å². The van der Waals surface area contributed by atoms with E-state index in [0.717, 1.165) is 10.9 Å². The predicted molar refractivity (Wildman–Crippen MR) is 101 cm³/mol. The number of benzene rings is 2. The first-order valence-electron chi connectivity index (χ1n) is 8.23. The van der Waals surface area contributed by atoms with Crippen molar-refractivity contribution >= 4 is 22.5 Å². The average Bonchev–Trinajstić information content (AvgIpc) is 2.61. The van der Waals surface area contributed by atoms with Crippen molar-refractivity contribution in [3.8, 4) is 5.75 Å². The van der Waals surface area contributed by atoms with Crippen LogP contribution in [0.25, 0.3) is 10.9 Å². The van der Waals surface area contributed by atoms with Crippen molar-refractivity contribution in [3.63, 3.8) is 0 Å². The van der Waals surface area contributed by atoms with Crippen LogP contribution in [0.15, 0.2) is 54.7 Å². The van der Waals surface area contributed by atoms with Gasteiger partial charge in [0.25, 0.3) is 5.91 Å². The normalized spacial score (nSPS) is 11.4. The average molecular weight is 334 g/mol. The third-order valence-electron chi connectivity index (χ3n) is 4.18. The second kappa shape index (κ2) is 6.55. The van der Waals surface area contributed by atoms with Gasteiger partial charge in [0, 0.05) is 23.2 Å². The molecule has 2 aromatic carbocycles. The maximum Gasteiger partial charge on any atom is 0.255 e. The van der Waals surface area contributed by atoms with Crippen molar-refractivity contribution in [2.75, 3.05) is 12.4 Å². The summed E-state index contributed by atoms with van der Waals surface area (Å²) in [6.07, 6.45) is 1.71. The smallest absolute Gasteiger partial charge is 0.255 e. The molecule has 0 saturated carbocycles. The number of pyridine rings is 1. The van der Waals surface area contributed by atoms with Gasteiger partial charge in [-0.15, -0.1) is 0 Å². The fraction of sp³-hybridized carbons (Fsp3) is 0.238. The summed E-state index contributed by atoms with van der Waals surface area (Å²) in [4.78, 5) is 17.0. The summed E-state index contributed by atoms with van der Waals surface area (Å²) in [7, 11) is 1.61. The molecule has 0 radical (unpaired) electrons. The minimum Gasteiger partial charge on any atom is -0.497 e. The molecule has 0 unspecified atom stereocenters. The minimum absolute atomic E-state index is 0.0575. The summed E-state index contributed by atoms with van der Waals surface area (Å²) in [6.45, 7) is 6.45. The monoisotopic (exact) mass is 334 g/mol. The van der Waals surface area contributed by atoms with Crippen LogP contribution in [0.4, 0.5) is 5.69 Å². The third-order valence-corrected chi connectivity index (χ3v) is 4.18. The van der Waals surface area contributed by atoms with E-state index in [1.54, 1.807) is 19.4 Å². The summed E-state index contributed by atoms with van der Waals surface area (Å²) >= 11 is 0. The second-order valence-electron chi connectivity index (χ2n) is 7.03. The zero-order valence-corrected chi connectivity index (χ0v) is 15.0. The van der Waals surface area contributed by atoms with Crippen molar-refractivity contribution < 1.29 is 9.53 Å². The SMILES string of the molecule is COc1cc(NC(=O)c2ccc(C(C)(C)C)cc2)c2ncccc2c1. The van der Waals surface area contributed by atoms with Gasteiger partial charge in [-0.05, 0) is 35.2 Å². The Balaban J connectivity index is 1.92. The van der Waals surface area contributed by atoms with Crippen molar-refractivity contribution in [3.05, 3.63) is 65.9 Å². The van der Waals surface area contributed by atoms with Crippen LogP contribution < -0.4 is 10.1 Å². The summed E-state index contributed by atoms with van der Waals surface area (Å²) in [5.41, 5.74) is 3.24. The molecule has 25 heavy (non-hydrogen) atoms. The van der Waals surface area contributed by atoms with E-state index in [9.17, 15) is 4.79 Å². The predicted octanol–water partition coefficient (Wildman–Crippen LogP) is 4.79. The van der Waals surface area contributed by atoms with Crippen LogP contribution in [-0.4, -0.2) is 18.0 Å². The number of fused-ring (bicyclic) bond motifs is 1. The second-order valence-corrected chi connectivity index (χ2v) is 7.03. The highest BCUT2D eigenvalue weighted by Crippen LogP contribution is 2.28. The number of hydrogen-bond donors (Lipinski definition) is 1. The van der Waals surface area contributed by atoms with E-state index < -0.39 is 0 Å². The molecule has 0 bridgehead atoms. The Labute approximate surface area is 147 Å². The maximum absolute atomic E-state index is 12.6. The number of nitrogens with zero attached hydrogens (tertiary/aromatic N) is 1.